The Labute approximate surface area is 111 Å². The predicted molar refractivity (Wildman–Crippen MR) is 78.3 cm³/mol. The average molecular weight is 254 g/mol. The van der Waals surface area contributed by atoms with Gasteiger partial charge in [0.15, 0.2) is 0 Å². The number of halogens is 1. The Hall–Kier alpha value is -0.690. The summed E-state index contributed by atoms with van der Waals surface area (Å²) in [4.78, 5) is 2.45. The van der Waals surface area contributed by atoms with Crippen molar-refractivity contribution in [2.45, 2.75) is 39.5 Å². The molecule has 0 radical (unpaired) electrons. The van der Waals surface area contributed by atoms with Crippen LogP contribution in [-0.4, -0.2) is 19.0 Å². The van der Waals surface area contributed by atoms with Crippen molar-refractivity contribution in [3.8, 4) is 0 Å². The topological polar surface area (TPSA) is 3.24 Å². The maximum absolute atomic E-state index is 5.67. The molecule has 0 fully saturated rings. The summed E-state index contributed by atoms with van der Waals surface area (Å²) in [5.74, 6) is 0.801. The maximum atomic E-state index is 5.67. The van der Waals surface area contributed by atoms with Crippen molar-refractivity contribution >= 4 is 17.3 Å². The number of nitrogens with zero attached hydrogens (tertiary/aromatic N) is 1. The Kier molecular flexibility index (Phi) is 7.11. The number of hydrogen-bond donors (Lipinski definition) is 0. The Morgan fingerprint density at radius 1 is 1.12 bits per heavy atom. The number of hydrogen-bond acceptors (Lipinski definition) is 1. The number of benzene rings is 1. The normalized spacial score (nSPS) is 10.5. The van der Waals surface area contributed by atoms with Gasteiger partial charge in [-0.25, -0.2) is 0 Å². The molecule has 0 unspecified atom stereocenters. The molecule has 1 aromatic rings. The van der Waals surface area contributed by atoms with E-state index in [-0.39, 0.29) is 0 Å². The molecule has 0 heterocycles. The molecule has 1 aromatic carbocycles. The molecule has 0 aromatic heterocycles. The predicted octanol–water partition coefficient (Wildman–Crippen LogP) is 4.62. The van der Waals surface area contributed by atoms with Gasteiger partial charge in [-0.3, -0.25) is 0 Å². The zero-order chi connectivity index (χ0) is 12.5. The summed E-state index contributed by atoms with van der Waals surface area (Å²) >= 11 is 5.67. The quantitative estimate of drug-likeness (QED) is 0.483. The molecule has 17 heavy (non-hydrogen) atoms. The fraction of sp³-hybridized carbons (Fsp3) is 0.600. The molecule has 2 heteroatoms. The van der Waals surface area contributed by atoms with E-state index in [4.69, 9.17) is 11.6 Å². The lowest BCUT2D eigenvalue weighted by molar-refractivity contribution is 0.650. The van der Waals surface area contributed by atoms with E-state index in [2.05, 4.69) is 43.0 Å². The van der Waals surface area contributed by atoms with E-state index in [1.807, 2.05) is 0 Å². The number of aryl methyl sites for hydroxylation is 1. The molecule has 0 saturated heterocycles. The highest BCUT2D eigenvalue weighted by Gasteiger charge is 2.03. The Morgan fingerprint density at radius 2 is 1.88 bits per heavy atom. The lowest BCUT2D eigenvalue weighted by Gasteiger charge is -2.23. The summed E-state index contributed by atoms with van der Waals surface area (Å²) < 4.78 is 0. The Bertz CT molecular complexity index is 312. The summed E-state index contributed by atoms with van der Waals surface area (Å²) in [6.45, 7) is 6.61. The van der Waals surface area contributed by atoms with E-state index in [0.29, 0.717) is 0 Å². The van der Waals surface area contributed by atoms with Gasteiger partial charge in [0.25, 0.3) is 0 Å². The van der Waals surface area contributed by atoms with Crippen LogP contribution in [0, 0.1) is 6.92 Å². The van der Waals surface area contributed by atoms with Crippen LogP contribution in [0.15, 0.2) is 24.3 Å². The van der Waals surface area contributed by atoms with Crippen LogP contribution in [0.25, 0.3) is 0 Å². The second-order valence-electron chi connectivity index (χ2n) is 4.52. The van der Waals surface area contributed by atoms with Gasteiger partial charge in [-0.2, -0.15) is 0 Å². The molecule has 1 nitrogen and oxygen atoms in total. The molecular formula is C15H24ClN. The zero-order valence-electron chi connectivity index (χ0n) is 11.1. The number of alkyl halides is 1. The standard InChI is InChI=1S/C15H24ClN/c1-3-17(12-7-5-4-6-11-16)15-10-8-9-14(2)13-15/h8-10,13H,3-7,11-12H2,1-2H3. The van der Waals surface area contributed by atoms with Crippen molar-refractivity contribution in [2.24, 2.45) is 0 Å². The smallest absolute Gasteiger partial charge is 0.0368 e. The molecule has 0 saturated carbocycles. The van der Waals surface area contributed by atoms with Crippen molar-refractivity contribution in [1.82, 2.24) is 0 Å². The third kappa shape index (κ3) is 5.45. The van der Waals surface area contributed by atoms with Crippen molar-refractivity contribution in [2.75, 3.05) is 23.9 Å². The third-order valence-electron chi connectivity index (χ3n) is 3.06. The first kappa shape index (κ1) is 14.4. The highest BCUT2D eigenvalue weighted by atomic mass is 35.5. The van der Waals surface area contributed by atoms with E-state index in [0.717, 1.165) is 25.4 Å². The van der Waals surface area contributed by atoms with Gasteiger partial charge in [-0.1, -0.05) is 25.0 Å². The third-order valence-corrected chi connectivity index (χ3v) is 3.33. The molecule has 1 rings (SSSR count). The van der Waals surface area contributed by atoms with E-state index in [1.54, 1.807) is 0 Å². The molecule has 0 N–H and O–H groups in total. The van der Waals surface area contributed by atoms with Crippen molar-refractivity contribution in [3.63, 3.8) is 0 Å². The van der Waals surface area contributed by atoms with Crippen LogP contribution in [0.1, 0.15) is 38.2 Å². The fourth-order valence-electron chi connectivity index (χ4n) is 2.05. The minimum atomic E-state index is 0.801. The highest BCUT2D eigenvalue weighted by molar-refractivity contribution is 6.17. The first-order valence-corrected chi connectivity index (χ1v) is 7.19. The Morgan fingerprint density at radius 3 is 2.53 bits per heavy atom. The molecule has 0 spiro atoms. The molecule has 0 bridgehead atoms. The van der Waals surface area contributed by atoms with E-state index >= 15 is 0 Å². The SMILES string of the molecule is CCN(CCCCCCCl)c1cccc(C)c1. The number of unbranched alkanes of at least 4 members (excludes halogenated alkanes) is 3. The monoisotopic (exact) mass is 253 g/mol. The summed E-state index contributed by atoms with van der Waals surface area (Å²) in [5.41, 5.74) is 2.69. The first-order valence-electron chi connectivity index (χ1n) is 6.65. The molecular weight excluding hydrogens is 230 g/mol. The van der Waals surface area contributed by atoms with Crippen LogP contribution < -0.4 is 4.90 Å². The van der Waals surface area contributed by atoms with Gasteiger partial charge in [0.1, 0.15) is 0 Å². The first-order chi connectivity index (χ1) is 8.27. The van der Waals surface area contributed by atoms with Crippen molar-refractivity contribution in [3.05, 3.63) is 29.8 Å². The van der Waals surface area contributed by atoms with Gasteiger partial charge >= 0.3 is 0 Å². The van der Waals surface area contributed by atoms with Gasteiger partial charge in [-0.05, 0) is 44.4 Å². The molecule has 0 aliphatic heterocycles. The van der Waals surface area contributed by atoms with Crippen LogP contribution in [0.3, 0.4) is 0 Å². The van der Waals surface area contributed by atoms with Crippen LogP contribution in [0.2, 0.25) is 0 Å². The van der Waals surface area contributed by atoms with E-state index in [9.17, 15) is 0 Å². The van der Waals surface area contributed by atoms with Gasteiger partial charge in [0.05, 0.1) is 0 Å². The lowest BCUT2D eigenvalue weighted by Crippen LogP contribution is -2.23. The molecule has 0 atom stereocenters. The minimum Gasteiger partial charge on any atom is -0.372 e. The molecule has 0 aliphatic carbocycles. The van der Waals surface area contributed by atoms with Gasteiger partial charge in [0, 0.05) is 24.7 Å². The van der Waals surface area contributed by atoms with Crippen LogP contribution in [-0.2, 0) is 0 Å². The highest BCUT2D eigenvalue weighted by Crippen LogP contribution is 2.16. The summed E-state index contributed by atoms with van der Waals surface area (Å²) in [6, 6.07) is 8.76. The summed E-state index contributed by atoms with van der Waals surface area (Å²) in [6.07, 6.45) is 4.96. The molecule has 0 amide bonds. The Balaban J connectivity index is 2.38. The summed E-state index contributed by atoms with van der Waals surface area (Å²) in [7, 11) is 0. The minimum absolute atomic E-state index is 0.801. The van der Waals surface area contributed by atoms with Crippen LogP contribution >= 0.6 is 11.6 Å². The number of anilines is 1. The van der Waals surface area contributed by atoms with E-state index < -0.39 is 0 Å². The van der Waals surface area contributed by atoms with Gasteiger partial charge in [0.2, 0.25) is 0 Å². The largest absolute Gasteiger partial charge is 0.372 e. The second kappa shape index (κ2) is 8.41. The van der Waals surface area contributed by atoms with Crippen LogP contribution in [0.4, 0.5) is 5.69 Å². The maximum Gasteiger partial charge on any atom is 0.0368 e. The van der Waals surface area contributed by atoms with Crippen LogP contribution in [0.5, 0.6) is 0 Å². The molecule has 0 aliphatic rings. The average Bonchev–Trinajstić information content (AvgIpc) is 2.34. The van der Waals surface area contributed by atoms with Crippen molar-refractivity contribution in [1.29, 1.82) is 0 Å². The van der Waals surface area contributed by atoms with Gasteiger partial charge < -0.3 is 4.90 Å². The number of rotatable bonds is 8. The fourth-order valence-corrected chi connectivity index (χ4v) is 2.23. The zero-order valence-corrected chi connectivity index (χ0v) is 11.8. The lowest BCUT2D eigenvalue weighted by atomic mass is 10.1. The van der Waals surface area contributed by atoms with E-state index in [1.165, 1.54) is 30.5 Å². The van der Waals surface area contributed by atoms with Crippen molar-refractivity contribution < 1.29 is 0 Å². The second-order valence-corrected chi connectivity index (χ2v) is 4.90. The van der Waals surface area contributed by atoms with Gasteiger partial charge in [-0.15, -0.1) is 11.6 Å². The molecule has 96 valence electrons. The summed E-state index contributed by atoms with van der Waals surface area (Å²) in [5, 5.41) is 0.